The molecule has 1 aliphatic heterocycles. The van der Waals surface area contributed by atoms with Gasteiger partial charge in [0.2, 0.25) is 0 Å². The zero-order chi connectivity index (χ0) is 15.4. The zero-order valence-corrected chi connectivity index (χ0v) is 13.3. The number of furan rings is 1. The average Bonchev–Trinajstić information content (AvgIpc) is 3.15. The number of carbonyl (C=O) groups is 1. The molecule has 1 saturated carbocycles. The van der Waals surface area contributed by atoms with Crippen LogP contribution in [0.25, 0.3) is 11.0 Å². The predicted octanol–water partition coefficient (Wildman–Crippen LogP) is 3.20. The normalized spacial score (nSPS) is 27.6. The van der Waals surface area contributed by atoms with E-state index in [1.165, 1.54) is 0 Å². The molecule has 1 aliphatic carbocycles. The lowest BCUT2D eigenvalue weighted by molar-refractivity contribution is 0.0749. The topological polar surface area (TPSA) is 59.5 Å². The molecule has 0 radical (unpaired) electrons. The highest BCUT2D eigenvalue weighted by Gasteiger charge is 2.43. The number of nitrogens with zero attached hydrogens (tertiary/aromatic N) is 1. The molecule has 0 spiro atoms. The molecule has 3 unspecified atom stereocenters. The first-order valence-corrected chi connectivity index (χ1v) is 8.16. The predicted molar refractivity (Wildman–Crippen MR) is 86.1 cm³/mol. The standard InChI is InChI=1S/C17H19ClN2O2/c1-9-12-6-11(18)3-5-15(12)22-16(9)17(21)20-7-10-2-4-14(19)13(10)8-20/h3,5-6,10,13-14H,2,4,7-8,19H2,1H3. The van der Waals surface area contributed by atoms with Crippen LogP contribution in [-0.2, 0) is 0 Å². The summed E-state index contributed by atoms with van der Waals surface area (Å²) in [6.07, 6.45) is 2.21. The number of halogens is 1. The van der Waals surface area contributed by atoms with Crippen LogP contribution < -0.4 is 5.73 Å². The number of aryl methyl sites for hydroxylation is 1. The summed E-state index contributed by atoms with van der Waals surface area (Å²) >= 11 is 6.04. The molecule has 2 fully saturated rings. The fraction of sp³-hybridized carbons (Fsp3) is 0.471. The van der Waals surface area contributed by atoms with Crippen molar-refractivity contribution < 1.29 is 9.21 Å². The van der Waals surface area contributed by atoms with E-state index in [1.54, 1.807) is 6.07 Å². The summed E-state index contributed by atoms with van der Waals surface area (Å²) in [6.45, 7) is 3.47. The van der Waals surface area contributed by atoms with E-state index in [2.05, 4.69) is 0 Å². The van der Waals surface area contributed by atoms with Crippen molar-refractivity contribution >= 4 is 28.5 Å². The van der Waals surface area contributed by atoms with Gasteiger partial charge in [0.15, 0.2) is 5.76 Å². The Labute approximate surface area is 134 Å². The minimum atomic E-state index is -0.0218. The number of benzene rings is 1. The number of hydrogen-bond acceptors (Lipinski definition) is 3. The maximum absolute atomic E-state index is 12.8. The highest BCUT2D eigenvalue weighted by atomic mass is 35.5. The van der Waals surface area contributed by atoms with E-state index >= 15 is 0 Å². The third-order valence-electron chi connectivity index (χ3n) is 5.29. The molecule has 2 heterocycles. The van der Waals surface area contributed by atoms with Crippen LogP contribution in [0.15, 0.2) is 22.6 Å². The lowest BCUT2D eigenvalue weighted by atomic mass is 9.98. The molecule has 1 aromatic carbocycles. The molecule has 2 aromatic rings. The highest BCUT2D eigenvalue weighted by molar-refractivity contribution is 6.31. The smallest absolute Gasteiger partial charge is 0.289 e. The van der Waals surface area contributed by atoms with Crippen LogP contribution in [-0.4, -0.2) is 29.9 Å². The van der Waals surface area contributed by atoms with E-state index in [0.717, 1.165) is 36.9 Å². The molecule has 4 rings (SSSR count). The third kappa shape index (κ3) is 2.05. The van der Waals surface area contributed by atoms with Gasteiger partial charge in [0.05, 0.1) is 0 Å². The van der Waals surface area contributed by atoms with E-state index in [1.807, 2.05) is 24.0 Å². The number of likely N-dealkylation sites (tertiary alicyclic amines) is 1. The maximum atomic E-state index is 12.8. The Kier molecular flexibility index (Phi) is 3.20. The van der Waals surface area contributed by atoms with Gasteiger partial charge in [0.1, 0.15) is 5.58 Å². The summed E-state index contributed by atoms with van der Waals surface area (Å²) in [7, 11) is 0. The summed E-state index contributed by atoms with van der Waals surface area (Å²) < 4.78 is 5.80. The SMILES string of the molecule is Cc1c(C(=O)N2CC3CCC(N)C3C2)oc2ccc(Cl)cc12. The van der Waals surface area contributed by atoms with Crippen LogP contribution in [0.4, 0.5) is 0 Å². The zero-order valence-electron chi connectivity index (χ0n) is 12.5. The number of fused-ring (bicyclic) bond motifs is 2. The van der Waals surface area contributed by atoms with Gasteiger partial charge in [-0.25, -0.2) is 0 Å². The van der Waals surface area contributed by atoms with Crippen molar-refractivity contribution in [3.05, 3.63) is 34.5 Å². The Bertz CT molecular complexity index is 754. The van der Waals surface area contributed by atoms with Crippen LogP contribution in [0.3, 0.4) is 0 Å². The quantitative estimate of drug-likeness (QED) is 0.878. The fourth-order valence-corrected chi connectivity index (χ4v) is 4.19. The molecule has 1 saturated heterocycles. The van der Waals surface area contributed by atoms with Crippen molar-refractivity contribution in [1.82, 2.24) is 4.90 Å². The van der Waals surface area contributed by atoms with Crippen molar-refractivity contribution in [2.45, 2.75) is 25.8 Å². The van der Waals surface area contributed by atoms with Gasteiger partial charge < -0.3 is 15.1 Å². The molecule has 2 N–H and O–H groups in total. The minimum absolute atomic E-state index is 0.0218. The Morgan fingerprint density at radius 2 is 2.18 bits per heavy atom. The Morgan fingerprint density at radius 3 is 2.95 bits per heavy atom. The van der Waals surface area contributed by atoms with Crippen molar-refractivity contribution in [2.24, 2.45) is 17.6 Å². The molecule has 3 atom stereocenters. The average molecular weight is 319 g/mol. The van der Waals surface area contributed by atoms with E-state index in [-0.39, 0.29) is 11.9 Å². The van der Waals surface area contributed by atoms with Gasteiger partial charge in [-0.05, 0) is 49.8 Å². The molecule has 0 bridgehead atoms. The first-order valence-electron chi connectivity index (χ1n) is 7.78. The second-order valence-corrected chi connectivity index (χ2v) is 7.01. The summed E-state index contributed by atoms with van der Waals surface area (Å²) in [5, 5.41) is 1.56. The monoisotopic (exact) mass is 318 g/mol. The number of nitrogens with two attached hydrogens (primary N) is 1. The highest BCUT2D eigenvalue weighted by Crippen LogP contribution is 2.38. The van der Waals surface area contributed by atoms with Crippen LogP contribution in [0.2, 0.25) is 5.02 Å². The molecule has 1 aromatic heterocycles. The summed E-state index contributed by atoms with van der Waals surface area (Å²) in [5.41, 5.74) is 7.73. The number of hydrogen-bond donors (Lipinski definition) is 1. The van der Waals surface area contributed by atoms with E-state index in [9.17, 15) is 4.79 Å². The van der Waals surface area contributed by atoms with Gasteiger partial charge in [-0.1, -0.05) is 11.6 Å². The Hall–Kier alpha value is -1.52. The Morgan fingerprint density at radius 1 is 1.36 bits per heavy atom. The van der Waals surface area contributed by atoms with Gasteiger partial charge in [0.25, 0.3) is 5.91 Å². The second-order valence-electron chi connectivity index (χ2n) is 6.57. The van der Waals surface area contributed by atoms with Crippen molar-refractivity contribution in [1.29, 1.82) is 0 Å². The number of carbonyl (C=O) groups excluding carboxylic acids is 1. The molecular formula is C17H19ClN2O2. The molecule has 116 valence electrons. The van der Waals surface area contributed by atoms with Gasteiger partial charge in [0, 0.05) is 35.1 Å². The van der Waals surface area contributed by atoms with Gasteiger partial charge >= 0.3 is 0 Å². The fourth-order valence-electron chi connectivity index (χ4n) is 4.01. The van der Waals surface area contributed by atoms with Gasteiger partial charge in [-0.2, -0.15) is 0 Å². The second kappa shape index (κ2) is 5.00. The Balaban J connectivity index is 1.65. The molecular weight excluding hydrogens is 300 g/mol. The summed E-state index contributed by atoms with van der Waals surface area (Å²) in [4.78, 5) is 14.7. The molecule has 22 heavy (non-hydrogen) atoms. The van der Waals surface area contributed by atoms with Crippen LogP contribution >= 0.6 is 11.6 Å². The van der Waals surface area contributed by atoms with Crippen molar-refractivity contribution in [2.75, 3.05) is 13.1 Å². The molecule has 1 amide bonds. The van der Waals surface area contributed by atoms with Gasteiger partial charge in [-0.3, -0.25) is 4.79 Å². The largest absolute Gasteiger partial charge is 0.451 e. The lowest BCUT2D eigenvalue weighted by Crippen LogP contribution is -2.33. The number of rotatable bonds is 1. The molecule has 2 aliphatic rings. The minimum Gasteiger partial charge on any atom is -0.451 e. The van der Waals surface area contributed by atoms with Crippen molar-refractivity contribution in [3.63, 3.8) is 0 Å². The van der Waals surface area contributed by atoms with E-state index < -0.39 is 0 Å². The first-order chi connectivity index (χ1) is 10.5. The maximum Gasteiger partial charge on any atom is 0.289 e. The first kappa shape index (κ1) is 14.1. The third-order valence-corrected chi connectivity index (χ3v) is 5.53. The molecule has 5 heteroatoms. The summed E-state index contributed by atoms with van der Waals surface area (Å²) in [6, 6.07) is 5.68. The van der Waals surface area contributed by atoms with Crippen LogP contribution in [0, 0.1) is 18.8 Å². The van der Waals surface area contributed by atoms with E-state index in [0.29, 0.717) is 28.2 Å². The van der Waals surface area contributed by atoms with Gasteiger partial charge in [-0.15, -0.1) is 0 Å². The molecule has 4 nitrogen and oxygen atoms in total. The van der Waals surface area contributed by atoms with E-state index in [4.69, 9.17) is 21.8 Å². The summed E-state index contributed by atoms with van der Waals surface area (Å²) in [5.74, 6) is 1.42. The van der Waals surface area contributed by atoms with Crippen LogP contribution in [0.5, 0.6) is 0 Å². The lowest BCUT2D eigenvalue weighted by Gasteiger charge is -2.17. The number of amides is 1. The van der Waals surface area contributed by atoms with Crippen LogP contribution in [0.1, 0.15) is 29.0 Å². The van der Waals surface area contributed by atoms with Crippen molar-refractivity contribution in [3.8, 4) is 0 Å².